The van der Waals surface area contributed by atoms with Gasteiger partial charge in [-0.3, -0.25) is 4.79 Å². The van der Waals surface area contributed by atoms with E-state index in [1.54, 1.807) is 60.9 Å². The van der Waals surface area contributed by atoms with Gasteiger partial charge in [-0.1, -0.05) is 6.07 Å². The van der Waals surface area contributed by atoms with Gasteiger partial charge in [0, 0.05) is 18.1 Å². The van der Waals surface area contributed by atoms with E-state index in [0.29, 0.717) is 41.7 Å². The predicted molar refractivity (Wildman–Crippen MR) is 93.9 cm³/mol. The van der Waals surface area contributed by atoms with Crippen LogP contribution >= 0.6 is 0 Å². The highest BCUT2D eigenvalue weighted by atomic mass is 16.6. The molecule has 1 amide bonds. The van der Waals surface area contributed by atoms with Gasteiger partial charge in [-0.05, 0) is 42.5 Å². The summed E-state index contributed by atoms with van der Waals surface area (Å²) in [6, 6.07) is 14.2. The van der Waals surface area contributed by atoms with Gasteiger partial charge in [0.15, 0.2) is 11.5 Å². The third-order valence-electron chi connectivity index (χ3n) is 3.67. The highest BCUT2D eigenvalue weighted by molar-refractivity contribution is 6.06. The number of para-hydroxylation sites is 1. The highest BCUT2D eigenvalue weighted by Gasteiger charge is 2.20. The fraction of sp³-hybridized carbons (Fsp3) is 0.105. The van der Waals surface area contributed by atoms with Gasteiger partial charge < -0.3 is 19.5 Å². The molecule has 7 nitrogen and oxygen atoms in total. The van der Waals surface area contributed by atoms with E-state index in [2.05, 4.69) is 15.3 Å². The molecule has 0 spiro atoms. The third-order valence-corrected chi connectivity index (χ3v) is 3.67. The summed E-state index contributed by atoms with van der Waals surface area (Å²) in [5.74, 6) is 1.35. The van der Waals surface area contributed by atoms with Crippen molar-refractivity contribution < 1.29 is 19.0 Å². The number of carbonyl (C=O) groups is 1. The Bertz CT molecular complexity index is 914. The van der Waals surface area contributed by atoms with E-state index in [4.69, 9.17) is 14.2 Å². The van der Waals surface area contributed by atoms with Crippen LogP contribution in [0.15, 0.2) is 60.9 Å². The molecule has 0 unspecified atom stereocenters. The molecule has 130 valence electrons. The molecule has 1 aliphatic rings. The Morgan fingerprint density at radius 1 is 0.962 bits per heavy atom. The first-order valence-electron chi connectivity index (χ1n) is 8.04. The minimum atomic E-state index is -0.271. The second kappa shape index (κ2) is 7.10. The number of nitrogens with zero attached hydrogens (tertiary/aromatic N) is 2. The number of hydrogen-bond donors (Lipinski definition) is 1. The molecule has 2 heterocycles. The van der Waals surface area contributed by atoms with Gasteiger partial charge in [-0.15, -0.1) is 0 Å². The Kier molecular flexibility index (Phi) is 4.34. The zero-order valence-electron chi connectivity index (χ0n) is 13.7. The summed E-state index contributed by atoms with van der Waals surface area (Å²) in [4.78, 5) is 20.6. The molecule has 0 saturated heterocycles. The van der Waals surface area contributed by atoms with Crippen molar-refractivity contribution in [1.29, 1.82) is 0 Å². The van der Waals surface area contributed by atoms with E-state index in [9.17, 15) is 4.79 Å². The second-order valence-electron chi connectivity index (χ2n) is 5.44. The van der Waals surface area contributed by atoms with Gasteiger partial charge >= 0.3 is 6.01 Å². The van der Waals surface area contributed by atoms with Crippen LogP contribution in [0.3, 0.4) is 0 Å². The van der Waals surface area contributed by atoms with Crippen LogP contribution in [0.25, 0.3) is 0 Å². The Morgan fingerprint density at radius 2 is 1.73 bits per heavy atom. The number of fused-ring (bicyclic) bond motifs is 1. The Labute approximate surface area is 149 Å². The monoisotopic (exact) mass is 349 g/mol. The lowest BCUT2D eigenvalue weighted by Gasteiger charge is -2.20. The molecule has 0 aliphatic carbocycles. The molecule has 7 heteroatoms. The maximum Gasteiger partial charge on any atom is 0.321 e. The molecule has 1 N–H and O–H groups in total. The summed E-state index contributed by atoms with van der Waals surface area (Å²) in [6.45, 7) is 0.898. The smallest absolute Gasteiger partial charge is 0.321 e. The third kappa shape index (κ3) is 3.41. The minimum absolute atomic E-state index is 0.261. The predicted octanol–water partition coefficient (Wildman–Crippen LogP) is 3.29. The molecule has 2 aromatic carbocycles. The number of aromatic nitrogens is 2. The van der Waals surface area contributed by atoms with Crippen molar-refractivity contribution in [3.63, 3.8) is 0 Å². The van der Waals surface area contributed by atoms with Crippen LogP contribution in [-0.2, 0) is 0 Å². The summed E-state index contributed by atoms with van der Waals surface area (Å²) in [6.07, 6.45) is 3.20. The number of nitrogens with one attached hydrogen (secondary N) is 1. The molecule has 0 atom stereocenters. The zero-order chi connectivity index (χ0) is 17.8. The molecule has 0 fully saturated rings. The van der Waals surface area contributed by atoms with E-state index in [1.165, 1.54) is 0 Å². The lowest BCUT2D eigenvalue weighted by Crippen LogP contribution is -2.20. The topological polar surface area (TPSA) is 82.6 Å². The molecule has 1 aromatic heterocycles. The van der Waals surface area contributed by atoms with Gasteiger partial charge in [-0.2, -0.15) is 0 Å². The number of rotatable bonds is 4. The van der Waals surface area contributed by atoms with Gasteiger partial charge in [0.2, 0.25) is 0 Å². The van der Waals surface area contributed by atoms with Crippen molar-refractivity contribution in [2.45, 2.75) is 0 Å². The van der Waals surface area contributed by atoms with Crippen molar-refractivity contribution in [2.75, 3.05) is 18.5 Å². The number of hydrogen-bond acceptors (Lipinski definition) is 6. The quantitative estimate of drug-likeness (QED) is 0.778. The standard InChI is InChI=1S/C19H15N3O4/c23-18(15-3-1-4-16-17(15)25-12-11-24-16)22-13-5-7-14(8-6-13)26-19-20-9-2-10-21-19/h1-10H,11-12H2,(H,22,23). The summed E-state index contributed by atoms with van der Waals surface area (Å²) in [5.41, 5.74) is 1.06. The largest absolute Gasteiger partial charge is 0.486 e. The Hall–Kier alpha value is -3.61. The SMILES string of the molecule is O=C(Nc1ccc(Oc2ncccn2)cc1)c1cccc2c1OCCO2. The summed E-state index contributed by atoms with van der Waals surface area (Å²) in [5, 5.41) is 2.84. The first kappa shape index (κ1) is 15.9. The van der Waals surface area contributed by atoms with E-state index in [0.717, 1.165) is 0 Å². The maximum atomic E-state index is 12.6. The summed E-state index contributed by atoms with van der Waals surface area (Å²) < 4.78 is 16.6. The molecule has 4 rings (SSSR count). The van der Waals surface area contributed by atoms with E-state index in [-0.39, 0.29) is 11.9 Å². The lowest BCUT2D eigenvalue weighted by molar-refractivity contribution is 0.101. The Balaban J connectivity index is 1.47. The van der Waals surface area contributed by atoms with E-state index < -0.39 is 0 Å². The van der Waals surface area contributed by atoms with Crippen LogP contribution in [0.4, 0.5) is 5.69 Å². The van der Waals surface area contributed by atoms with E-state index >= 15 is 0 Å². The fourth-order valence-electron chi connectivity index (χ4n) is 2.50. The number of amides is 1. The number of carbonyl (C=O) groups excluding carboxylic acids is 1. The average Bonchev–Trinajstić information content (AvgIpc) is 2.70. The first-order valence-corrected chi connectivity index (χ1v) is 8.04. The lowest BCUT2D eigenvalue weighted by atomic mass is 10.1. The fourth-order valence-corrected chi connectivity index (χ4v) is 2.50. The molecule has 3 aromatic rings. The molecule has 0 radical (unpaired) electrons. The van der Waals surface area contributed by atoms with Crippen molar-refractivity contribution in [3.8, 4) is 23.3 Å². The van der Waals surface area contributed by atoms with Crippen molar-refractivity contribution in [3.05, 3.63) is 66.5 Å². The van der Waals surface area contributed by atoms with Gasteiger partial charge in [0.05, 0.1) is 5.56 Å². The van der Waals surface area contributed by atoms with E-state index in [1.807, 2.05) is 0 Å². The number of anilines is 1. The normalized spacial score (nSPS) is 12.3. The molecule has 0 bridgehead atoms. The number of benzene rings is 2. The second-order valence-corrected chi connectivity index (χ2v) is 5.44. The summed E-state index contributed by atoms with van der Waals surface area (Å²) in [7, 11) is 0. The van der Waals surface area contributed by atoms with Crippen molar-refractivity contribution in [2.24, 2.45) is 0 Å². The molecule has 1 aliphatic heterocycles. The van der Waals surface area contributed by atoms with Crippen molar-refractivity contribution >= 4 is 11.6 Å². The Morgan fingerprint density at radius 3 is 2.54 bits per heavy atom. The van der Waals surface area contributed by atoms with Crippen LogP contribution in [0.5, 0.6) is 23.3 Å². The van der Waals surface area contributed by atoms with Crippen LogP contribution in [-0.4, -0.2) is 29.1 Å². The average molecular weight is 349 g/mol. The molecule has 0 saturated carbocycles. The maximum absolute atomic E-state index is 12.6. The molecule has 26 heavy (non-hydrogen) atoms. The van der Waals surface area contributed by atoms with Crippen LogP contribution in [0.2, 0.25) is 0 Å². The van der Waals surface area contributed by atoms with Crippen molar-refractivity contribution in [1.82, 2.24) is 9.97 Å². The van der Waals surface area contributed by atoms with Crippen LogP contribution < -0.4 is 19.5 Å². The first-order chi connectivity index (χ1) is 12.8. The van der Waals surface area contributed by atoms with Gasteiger partial charge in [-0.25, -0.2) is 9.97 Å². The number of ether oxygens (including phenoxy) is 3. The highest BCUT2D eigenvalue weighted by Crippen LogP contribution is 2.34. The van der Waals surface area contributed by atoms with Gasteiger partial charge in [0.1, 0.15) is 19.0 Å². The van der Waals surface area contributed by atoms with Crippen LogP contribution in [0.1, 0.15) is 10.4 Å². The molecular weight excluding hydrogens is 334 g/mol. The summed E-state index contributed by atoms with van der Waals surface area (Å²) >= 11 is 0. The van der Waals surface area contributed by atoms with Crippen LogP contribution in [0, 0.1) is 0 Å². The zero-order valence-corrected chi connectivity index (χ0v) is 13.7. The molecular formula is C19H15N3O4. The minimum Gasteiger partial charge on any atom is -0.486 e. The van der Waals surface area contributed by atoms with Gasteiger partial charge in [0.25, 0.3) is 5.91 Å².